The second-order valence-corrected chi connectivity index (χ2v) is 4.74. The summed E-state index contributed by atoms with van der Waals surface area (Å²) in [6.07, 6.45) is 4.14. The Balaban J connectivity index is 2.18. The maximum atomic E-state index is 9.29. The van der Waals surface area contributed by atoms with E-state index < -0.39 is 0 Å². The average molecular weight is 207 g/mol. The standard InChI is InChI=1S/C10H13N3S/c1-8-3-2-4-10(8,7-11)5-9-6-14-13-12-9/h6,8H,2-5H2,1H3. The minimum Gasteiger partial charge on any atom is -0.198 e. The van der Waals surface area contributed by atoms with E-state index in [1.807, 2.05) is 5.38 Å². The van der Waals surface area contributed by atoms with Gasteiger partial charge in [0.2, 0.25) is 0 Å². The molecule has 74 valence electrons. The molecule has 0 N–H and O–H groups in total. The summed E-state index contributed by atoms with van der Waals surface area (Å²) in [5.41, 5.74) is 0.806. The van der Waals surface area contributed by atoms with Gasteiger partial charge in [0.15, 0.2) is 0 Å². The molecule has 0 saturated heterocycles. The zero-order chi connectivity index (χ0) is 10.0. The van der Waals surface area contributed by atoms with Crippen molar-refractivity contribution in [2.45, 2.75) is 32.6 Å². The second kappa shape index (κ2) is 3.66. The first-order valence-corrected chi connectivity index (χ1v) is 5.78. The van der Waals surface area contributed by atoms with Crippen LogP contribution in [0.5, 0.6) is 0 Å². The molecule has 1 fully saturated rings. The fraction of sp³-hybridized carbons (Fsp3) is 0.700. The van der Waals surface area contributed by atoms with E-state index in [4.69, 9.17) is 0 Å². The van der Waals surface area contributed by atoms with Gasteiger partial charge < -0.3 is 0 Å². The van der Waals surface area contributed by atoms with Crippen LogP contribution in [-0.2, 0) is 6.42 Å². The SMILES string of the molecule is CC1CCCC1(C#N)Cc1csnn1. The van der Waals surface area contributed by atoms with Crippen molar-refractivity contribution in [1.29, 1.82) is 5.26 Å². The normalized spacial score (nSPS) is 31.6. The van der Waals surface area contributed by atoms with Gasteiger partial charge in [-0.15, -0.1) is 5.10 Å². The minimum absolute atomic E-state index is 0.171. The van der Waals surface area contributed by atoms with E-state index in [2.05, 4.69) is 22.6 Å². The Morgan fingerprint density at radius 1 is 1.79 bits per heavy atom. The lowest BCUT2D eigenvalue weighted by atomic mass is 9.77. The van der Waals surface area contributed by atoms with Crippen molar-refractivity contribution < 1.29 is 0 Å². The van der Waals surface area contributed by atoms with E-state index in [1.54, 1.807) is 0 Å². The summed E-state index contributed by atoms with van der Waals surface area (Å²) in [7, 11) is 0. The first-order chi connectivity index (χ1) is 6.77. The molecule has 0 amide bonds. The van der Waals surface area contributed by atoms with Gasteiger partial charge >= 0.3 is 0 Å². The Kier molecular flexibility index (Phi) is 2.51. The predicted octanol–water partition coefficient (Wildman–Crippen LogP) is 2.41. The van der Waals surface area contributed by atoms with E-state index in [0.29, 0.717) is 5.92 Å². The monoisotopic (exact) mass is 207 g/mol. The molecule has 0 bridgehead atoms. The van der Waals surface area contributed by atoms with Crippen molar-refractivity contribution in [2.75, 3.05) is 0 Å². The number of hydrogen-bond acceptors (Lipinski definition) is 4. The Labute approximate surface area is 87.9 Å². The van der Waals surface area contributed by atoms with Crippen molar-refractivity contribution >= 4 is 11.5 Å². The smallest absolute Gasteiger partial charge is 0.0771 e. The maximum absolute atomic E-state index is 9.29. The van der Waals surface area contributed by atoms with Crippen LogP contribution in [0.3, 0.4) is 0 Å². The molecule has 2 rings (SSSR count). The summed E-state index contributed by atoms with van der Waals surface area (Å²) in [5, 5.41) is 15.3. The molecule has 1 aromatic heterocycles. The summed E-state index contributed by atoms with van der Waals surface area (Å²) >= 11 is 1.36. The summed E-state index contributed by atoms with van der Waals surface area (Å²) < 4.78 is 3.84. The molecule has 1 heterocycles. The number of nitriles is 1. The van der Waals surface area contributed by atoms with Crippen molar-refractivity contribution in [2.24, 2.45) is 11.3 Å². The van der Waals surface area contributed by atoms with E-state index in [9.17, 15) is 5.26 Å². The van der Waals surface area contributed by atoms with Crippen LogP contribution in [0.25, 0.3) is 0 Å². The third-order valence-corrected chi connectivity index (χ3v) is 3.88. The summed E-state index contributed by atoms with van der Waals surface area (Å²) in [6.45, 7) is 2.18. The van der Waals surface area contributed by atoms with Gasteiger partial charge in [-0.05, 0) is 30.3 Å². The van der Waals surface area contributed by atoms with Gasteiger partial charge in [-0.2, -0.15) is 5.26 Å². The predicted molar refractivity (Wildman–Crippen MR) is 54.7 cm³/mol. The van der Waals surface area contributed by atoms with Crippen LogP contribution in [-0.4, -0.2) is 9.59 Å². The summed E-state index contributed by atoms with van der Waals surface area (Å²) in [6, 6.07) is 2.50. The average Bonchev–Trinajstić information content (AvgIpc) is 2.79. The third kappa shape index (κ3) is 1.53. The number of hydrogen-bond donors (Lipinski definition) is 0. The number of aromatic nitrogens is 2. The van der Waals surface area contributed by atoms with Crippen molar-refractivity contribution in [3.05, 3.63) is 11.1 Å². The van der Waals surface area contributed by atoms with Crippen LogP contribution in [0.4, 0.5) is 0 Å². The highest BCUT2D eigenvalue weighted by Gasteiger charge is 2.41. The summed E-state index contributed by atoms with van der Waals surface area (Å²) in [5.74, 6) is 0.495. The second-order valence-electron chi connectivity index (χ2n) is 4.13. The van der Waals surface area contributed by atoms with Crippen LogP contribution < -0.4 is 0 Å². The molecule has 2 unspecified atom stereocenters. The van der Waals surface area contributed by atoms with Gasteiger partial charge in [0.25, 0.3) is 0 Å². The van der Waals surface area contributed by atoms with E-state index >= 15 is 0 Å². The fourth-order valence-electron chi connectivity index (χ4n) is 2.30. The number of nitrogens with zero attached hydrogens (tertiary/aromatic N) is 3. The molecule has 1 aromatic rings. The van der Waals surface area contributed by atoms with Gasteiger partial charge in [0, 0.05) is 11.8 Å². The first-order valence-electron chi connectivity index (χ1n) is 4.94. The Hall–Kier alpha value is -0.950. The highest BCUT2D eigenvalue weighted by atomic mass is 32.1. The Bertz CT molecular complexity index is 341. The van der Waals surface area contributed by atoms with E-state index in [1.165, 1.54) is 24.4 Å². The minimum atomic E-state index is -0.171. The zero-order valence-corrected chi connectivity index (χ0v) is 9.05. The topological polar surface area (TPSA) is 49.6 Å². The highest BCUT2D eigenvalue weighted by Crippen LogP contribution is 2.44. The molecule has 1 aliphatic rings. The van der Waals surface area contributed by atoms with Gasteiger partial charge in [-0.3, -0.25) is 0 Å². The first kappa shape index (κ1) is 9.60. The quantitative estimate of drug-likeness (QED) is 0.748. The van der Waals surface area contributed by atoms with E-state index in [0.717, 1.165) is 18.5 Å². The third-order valence-electron chi connectivity index (χ3n) is 3.33. The van der Waals surface area contributed by atoms with Gasteiger partial charge in [0.05, 0.1) is 17.2 Å². The highest BCUT2D eigenvalue weighted by molar-refractivity contribution is 7.03. The molecule has 0 aromatic carbocycles. The molecule has 0 aliphatic heterocycles. The lowest BCUT2D eigenvalue weighted by Gasteiger charge is -2.24. The molecule has 3 nitrogen and oxygen atoms in total. The zero-order valence-electron chi connectivity index (χ0n) is 8.23. The molecular weight excluding hydrogens is 194 g/mol. The Morgan fingerprint density at radius 3 is 3.14 bits per heavy atom. The van der Waals surface area contributed by atoms with Gasteiger partial charge in [-0.25, -0.2) is 0 Å². The van der Waals surface area contributed by atoms with Crippen molar-refractivity contribution in [3.8, 4) is 6.07 Å². The van der Waals surface area contributed by atoms with E-state index in [-0.39, 0.29) is 5.41 Å². The van der Waals surface area contributed by atoms with Crippen LogP contribution in [0, 0.1) is 22.7 Å². The lowest BCUT2D eigenvalue weighted by molar-refractivity contribution is 0.302. The van der Waals surface area contributed by atoms with Crippen molar-refractivity contribution in [3.63, 3.8) is 0 Å². The maximum Gasteiger partial charge on any atom is 0.0771 e. The summed E-state index contributed by atoms with van der Waals surface area (Å²) in [4.78, 5) is 0. The fourth-order valence-corrected chi connectivity index (χ4v) is 2.75. The van der Waals surface area contributed by atoms with Crippen LogP contribution in [0.2, 0.25) is 0 Å². The van der Waals surface area contributed by atoms with Crippen LogP contribution in [0.15, 0.2) is 5.38 Å². The molecule has 1 aliphatic carbocycles. The van der Waals surface area contributed by atoms with Crippen molar-refractivity contribution in [1.82, 2.24) is 9.59 Å². The molecule has 14 heavy (non-hydrogen) atoms. The Morgan fingerprint density at radius 2 is 2.64 bits per heavy atom. The number of rotatable bonds is 2. The molecule has 4 heteroatoms. The molecule has 1 saturated carbocycles. The lowest BCUT2D eigenvalue weighted by Crippen LogP contribution is -2.24. The van der Waals surface area contributed by atoms with Gasteiger partial charge in [0.1, 0.15) is 0 Å². The molecule has 2 atom stereocenters. The largest absolute Gasteiger partial charge is 0.198 e. The van der Waals surface area contributed by atoms with Crippen LogP contribution in [0.1, 0.15) is 31.9 Å². The molecule has 0 spiro atoms. The molecular formula is C10H13N3S. The van der Waals surface area contributed by atoms with Gasteiger partial charge in [-0.1, -0.05) is 17.8 Å². The molecule has 0 radical (unpaired) electrons. The van der Waals surface area contributed by atoms with Crippen LogP contribution >= 0.6 is 11.5 Å².